The molecule has 0 aliphatic heterocycles. The standard InChI is InChI=1S/C14H17BrClN3/c1-10(2)6-17-7-11-3-4-12(15)5-14(11)19-9-13(16)8-18-19/h3-5,8-10,17H,6-7H2,1-2H3. The molecular weight excluding hydrogens is 326 g/mol. The molecule has 0 aliphatic carbocycles. The average Bonchev–Trinajstić information content (AvgIpc) is 2.77. The summed E-state index contributed by atoms with van der Waals surface area (Å²) in [6.45, 7) is 6.21. The normalized spacial score (nSPS) is 11.2. The van der Waals surface area contributed by atoms with Gasteiger partial charge in [-0.2, -0.15) is 5.10 Å². The summed E-state index contributed by atoms with van der Waals surface area (Å²) in [7, 11) is 0. The number of hydrogen-bond donors (Lipinski definition) is 1. The third-order valence-electron chi connectivity index (χ3n) is 2.71. The van der Waals surface area contributed by atoms with Gasteiger partial charge in [0.05, 0.1) is 16.9 Å². The van der Waals surface area contributed by atoms with Gasteiger partial charge < -0.3 is 5.32 Å². The Morgan fingerprint density at radius 2 is 2.21 bits per heavy atom. The number of hydrogen-bond acceptors (Lipinski definition) is 2. The molecule has 0 amide bonds. The molecule has 19 heavy (non-hydrogen) atoms. The molecule has 1 aromatic carbocycles. The summed E-state index contributed by atoms with van der Waals surface area (Å²) in [6, 6.07) is 6.19. The molecule has 2 aromatic rings. The quantitative estimate of drug-likeness (QED) is 0.889. The highest BCUT2D eigenvalue weighted by Gasteiger charge is 2.07. The lowest BCUT2D eigenvalue weighted by Crippen LogP contribution is -2.20. The van der Waals surface area contributed by atoms with Gasteiger partial charge in [-0.05, 0) is 30.2 Å². The molecule has 0 bridgehead atoms. The van der Waals surface area contributed by atoms with E-state index in [2.05, 4.69) is 52.3 Å². The van der Waals surface area contributed by atoms with E-state index in [0.29, 0.717) is 10.9 Å². The number of benzene rings is 1. The third-order valence-corrected chi connectivity index (χ3v) is 3.40. The Kier molecular flexibility index (Phi) is 5.02. The average molecular weight is 343 g/mol. The van der Waals surface area contributed by atoms with Gasteiger partial charge in [0, 0.05) is 17.2 Å². The van der Waals surface area contributed by atoms with Gasteiger partial charge >= 0.3 is 0 Å². The van der Waals surface area contributed by atoms with Crippen LogP contribution in [0.4, 0.5) is 0 Å². The summed E-state index contributed by atoms with van der Waals surface area (Å²) < 4.78 is 2.83. The van der Waals surface area contributed by atoms with Crippen molar-refractivity contribution in [1.82, 2.24) is 15.1 Å². The summed E-state index contributed by atoms with van der Waals surface area (Å²) >= 11 is 9.43. The van der Waals surface area contributed by atoms with Crippen LogP contribution in [0.3, 0.4) is 0 Å². The van der Waals surface area contributed by atoms with Crippen molar-refractivity contribution < 1.29 is 0 Å². The Morgan fingerprint density at radius 3 is 2.84 bits per heavy atom. The zero-order valence-electron chi connectivity index (χ0n) is 11.0. The first-order valence-corrected chi connectivity index (χ1v) is 7.43. The Bertz CT molecular complexity index is 551. The largest absolute Gasteiger partial charge is 0.312 e. The summed E-state index contributed by atoms with van der Waals surface area (Å²) in [6.07, 6.45) is 3.46. The second-order valence-electron chi connectivity index (χ2n) is 4.90. The van der Waals surface area contributed by atoms with E-state index in [0.717, 1.165) is 23.2 Å². The minimum atomic E-state index is 0.637. The molecule has 3 nitrogen and oxygen atoms in total. The zero-order valence-corrected chi connectivity index (χ0v) is 13.4. The molecule has 1 N–H and O–H groups in total. The minimum absolute atomic E-state index is 0.637. The second-order valence-corrected chi connectivity index (χ2v) is 6.25. The number of halogens is 2. The van der Waals surface area contributed by atoms with Crippen molar-refractivity contribution in [2.24, 2.45) is 5.92 Å². The first kappa shape index (κ1) is 14.6. The lowest BCUT2D eigenvalue weighted by molar-refractivity contribution is 0.551. The second kappa shape index (κ2) is 6.55. The fourth-order valence-electron chi connectivity index (χ4n) is 1.83. The van der Waals surface area contributed by atoms with Crippen LogP contribution in [-0.4, -0.2) is 16.3 Å². The molecule has 0 radical (unpaired) electrons. The topological polar surface area (TPSA) is 29.9 Å². The summed E-state index contributed by atoms with van der Waals surface area (Å²) in [5, 5.41) is 8.36. The highest BCUT2D eigenvalue weighted by Crippen LogP contribution is 2.21. The van der Waals surface area contributed by atoms with Gasteiger partial charge in [-0.15, -0.1) is 0 Å². The van der Waals surface area contributed by atoms with Gasteiger partial charge in [-0.3, -0.25) is 0 Å². The van der Waals surface area contributed by atoms with Gasteiger partial charge in [-0.25, -0.2) is 4.68 Å². The predicted octanol–water partition coefficient (Wildman–Crippen LogP) is 4.03. The van der Waals surface area contributed by atoms with E-state index in [4.69, 9.17) is 11.6 Å². The number of rotatable bonds is 5. The number of nitrogens with zero attached hydrogens (tertiary/aromatic N) is 2. The molecule has 1 aromatic heterocycles. The van der Waals surface area contributed by atoms with E-state index in [-0.39, 0.29) is 0 Å². The molecule has 0 saturated carbocycles. The van der Waals surface area contributed by atoms with Crippen LogP contribution >= 0.6 is 27.5 Å². The van der Waals surface area contributed by atoms with E-state index in [1.807, 2.05) is 12.3 Å². The molecule has 0 atom stereocenters. The van der Waals surface area contributed by atoms with E-state index in [1.54, 1.807) is 10.9 Å². The molecule has 102 valence electrons. The van der Waals surface area contributed by atoms with Crippen molar-refractivity contribution in [1.29, 1.82) is 0 Å². The fourth-order valence-corrected chi connectivity index (χ4v) is 2.31. The summed E-state index contributed by atoms with van der Waals surface area (Å²) in [5.41, 5.74) is 2.24. The number of aromatic nitrogens is 2. The van der Waals surface area contributed by atoms with Crippen LogP contribution in [0.25, 0.3) is 5.69 Å². The lowest BCUT2D eigenvalue weighted by atomic mass is 10.1. The van der Waals surface area contributed by atoms with Crippen molar-refractivity contribution in [3.63, 3.8) is 0 Å². The van der Waals surface area contributed by atoms with Gasteiger partial charge in [0.1, 0.15) is 0 Å². The Balaban J connectivity index is 2.23. The molecule has 5 heteroatoms. The van der Waals surface area contributed by atoms with Crippen molar-refractivity contribution in [2.45, 2.75) is 20.4 Å². The smallest absolute Gasteiger partial charge is 0.0790 e. The van der Waals surface area contributed by atoms with Gasteiger partial charge in [0.2, 0.25) is 0 Å². The van der Waals surface area contributed by atoms with Crippen LogP contribution in [0.2, 0.25) is 5.02 Å². The Morgan fingerprint density at radius 1 is 1.42 bits per heavy atom. The van der Waals surface area contributed by atoms with Crippen LogP contribution in [0, 0.1) is 5.92 Å². The van der Waals surface area contributed by atoms with Crippen LogP contribution in [-0.2, 0) is 6.54 Å². The van der Waals surface area contributed by atoms with E-state index < -0.39 is 0 Å². The molecule has 1 heterocycles. The Labute approximate surface area is 127 Å². The first-order chi connectivity index (χ1) is 9.06. The molecule has 2 rings (SSSR count). The summed E-state index contributed by atoms with van der Waals surface area (Å²) in [5.74, 6) is 0.637. The molecule has 0 saturated heterocycles. The van der Waals surface area contributed by atoms with Crippen molar-refractivity contribution in [2.75, 3.05) is 6.54 Å². The van der Waals surface area contributed by atoms with Crippen molar-refractivity contribution in [3.05, 3.63) is 45.7 Å². The number of nitrogens with one attached hydrogen (secondary N) is 1. The van der Waals surface area contributed by atoms with Gasteiger partial charge in [0.25, 0.3) is 0 Å². The van der Waals surface area contributed by atoms with Crippen molar-refractivity contribution in [3.8, 4) is 5.69 Å². The van der Waals surface area contributed by atoms with E-state index in [1.165, 1.54) is 5.56 Å². The van der Waals surface area contributed by atoms with Gasteiger partial charge in [0.15, 0.2) is 0 Å². The fraction of sp³-hybridized carbons (Fsp3) is 0.357. The maximum absolute atomic E-state index is 5.94. The molecule has 0 aliphatic rings. The van der Waals surface area contributed by atoms with Crippen LogP contribution in [0.15, 0.2) is 35.1 Å². The minimum Gasteiger partial charge on any atom is -0.312 e. The third kappa shape index (κ3) is 4.06. The SMILES string of the molecule is CC(C)CNCc1ccc(Br)cc1-n1cc(Cl)cn1. The highest BCUT2D eigenvalue weighted by molar-refractivity contribution is 9.10. The maximum atomic E-state index is 5.94. The van der Waals surface area contributed by atoms with E-state index in [9.17, 15) is 0 Å². The summed E-state index contributed by atoms with van der Waals surface area (Å²) in [4.78, 5) is 0. The van der Waals surface area contributed by atoms with Crippen LogP contribution < -0.4 is 5.32 Å². The zero-order chi connectivity index (χ0) is 13.8. The van der Waals surface area contributed by atoms with E-state index >= 15 is 0 Å². The molecular formula is C14H17BrClN3. The monoisotopic (exact) mass is 341 g/mol. The van der Waals surface area contributed by atoms with Crippen molar-refractivity contribution >= 4 is 27.5 Å². The maximum Gasteiger partial charge on any atom is 0.0790 e. The lowest BCUT2D eigenvalue weighted by Gasteiger charge is -2.12. The highest BCUT2D eigenvalue weighted by atomic mass is 79.9. The first-order valence-electron chi connectivity index (χ1n) is 6.26. The molecule has 0 fully saturated rings. The molecule has 0 spiro atoms. The van der Waals surface area contributed by atoms with Crippen LogP contribution in [0.1, 0.15) is 19.4 Å². The molecule has 0 unspecified atom stereocenters. The predicted molar refractivity (Wildman–Crippen MR) is 82.8 cm³/mol. The van der Waals surface area contributed by atoms with Crippen LogP contribution in [0.5, 0.6) is 0 Å². The Hall–Kier alpha value is -0.840. The van der Waals surface area contributed by atoms with Gasteiger partial charge in [-0.1, -0.05) is 47.4 Å².